The summed E-state index contributed by atoms with van der Waals surface area (Å²) in [4.78, 5) is 27.7. The van der Waals surface area contributed by atoms with Gasteiger partial charge in [-0.2, -0.15) is 0 Å². The van der Waals surface area contributed by atoms with Crippen molar-refractivity contribution in [1.82, 2.24) is 15.1 Å². The first-order chi connectivity index (χ1) is 10.5. The molecular formula is C15H27N3O3S. The number of hydrogen-bond donors (Lipinski definition) is 1. The summed E-state index contributed by atoms with van der Waals surface area (Å²) < 4.78 is 5.40. The zero-order valence-corrected chi connectivity index (χ0v) is 14.4. The second kappa shape index (κ2) is 8.17. The Morgan fingerprint density at radius 1 is 1.36 bits per heavy atom. The Hall–Kier alpha value is -0.790. The van der Waals surface area contributed by atoms with E-state index in [9.17, 15) is 9.59 Å². The molecule has 0 aromatic carbocycles. The third kappa shape index (κ3) is 4.60. The Kier molecular flexibility index (Phi) is 6.52. The standard InChI is InChI=1S/C15H27N3O3S/c1-3-15(2,18-6-9-21-10-7-18)12-16-13(19)4-5-17-8-11-22-14(17)20/h3-12H2,1-2H3,(H,16,19)/t15-/m1/s1. The first-order valence-electron chi connectivity index (χ1n) is 8.06. The van der Waals surface area contributed by atoms with Crippen LogP contribution in [0, 0.1) is 0 Å². The van der Waals surface area contributed by atoms with E-state index >= 15 is 0 Å². The van der Waals surface area contributed by atoms with Gasteiger partial charge in [-0.1, -0.05) is 18.7 Å². The molecule has 0 radical (unpaired) electrons. The molecule has 0 spiro atoms. The number of carbonyl (C=O) groups is 2. The maximum atomic E-state index is 12.1. The number of rotatable bonds is 7. The van der Waals surface area contributed by atoms with Gasteiger partial charge in [0.25, 0.3) is 5.24 Å². The minimum atomic E-state index is -0.0290. The molecule has 0 aromatic rings. The maximum Gasteiger partial charge on any atom is 0.281 e. The van der Waals surface area contributed by atoms with Crippen LogP contribution in [0.5, 0.6) is 0 Å². The number of thioether (sulfide) groups is 1. The molecule has 1 N–H and O–H groups in total. The van der Waals surface area contributed by atoms with Crippen LogP contribution in [-0.4, -0.2) is 78.2 Å². The summed E-state index contributed by atoms with van der Waals surface area (Å²) in [6.07, 6.45) is 1.36. The van der Waals surface area contributed by atoms with Crippen molar-refractivity contribution in [3.05, 3.63) is 0 Å². The zero-order valence-electron chi connectivity index (χ0n) is 13.6. The van der Waals surface area contributed by atoms with Crippen molar-refractivity contribution in [1.29, 1.82) is 0 Å². The molecule has 2 aliphatic rings. The quantitative estimate of drug-likeness (QED) is 0.759. The Morgan fingerprint density at radius 2 is 2.09 bits per heavy atom. The average molecular weight is 329 g/mol. The Bertz CT molecular complexity index is 401. The van der Waals surface area contributed by atoms with Crippen LogP contribution in [0.3, 0.4) is 0 Å². The van der Waals surface area contributed by atoms with Crippen LogP contribution in [0.4, 0.5) is 4.79 Å². The van der Waals surface area contributed by atoms with Gasteiger partial charge < -0.3 is 15.0 Å². The van der Waals surface area contributed by atoms with E-state index in [0.717, 1.165) is 45.0 Å². The maximum absolute atomic E-state index is 12.1. The van der Waals surface area contributed by atoms with Crippen molar-refractivity contribution in [2.24, 2.45) is 0 Å². The van der Waals surface area contributed by atoms with Gasteiger partial charge in [0.05, 0.1) is 13.2 Å². The van der Waals surface area contributed by atoms with Crippen LogP contribution in [0.1, 0.15) is 26.7 Å². The van der Waals surface area contributed by atoms with Crippen molar-refractivity contribution in [3.8, 4) is 0 Å². The summed E-state index contributed by atoms with van der Waals surface area (Å²) in [5.74, 6) is 0.864. The lowest BCUT2D eigenvalue weighted by atomic mass is 9.95. The van der Waals surface area contributed by atoms with Gasteiger partial charge in [-0.3, -0.25) is 14.5 Å². The second-order valence-corrected chi connectivity index (χ2v) is 7.12. The number of hydrogen-bond acceptors (Lipinski definition) is 5. The summed E-state index contributed by atoms with van der Waals surface area (Å²) in [5, 5.41) is 3.14. The fourth-order valence-electron chi connectivity index (χ4n) is 2.81. The van der Waals surface area contributed by atoms with Gasteiger partial charge in [0.2, 0.25) is 5.91 Å². The van der Waals surface area contributed by atoms with Gasteiger partial charge in [0.1, 0.15) is 0 Å². The summed E-state index contributed by atoms with van der Waals surface area (Å²) in [5.41, 5.74) is -0.0290. The summed E-state index contributed by atoms with van der Waals surface area (Å²) in [6, 6.07) is 0. The van der Waals surface area contributed by atoms with E-state index in [4.69, 9.17) is 4.74 Å². The number of nitrogens with zero attached hydrogens (tertiary/aromatic N) is 2. The topological polar surface area (TPSA) is 61.9 Å². The number of morpholine rings is 1. The molecule has 0 aliphatic carbocycles. The van der Waals surface area contributed by atoms with Gasteiger partial charge in [-0.05, 0) is 13.3 Å². The lowest BCUT2D eigenvalue weighted by molar-refractivity contribution is -0.122. The van der Waals surface area contributed by atoms with Crippen molar-refractivity contribution in [3.63, 3.8) is 0 Å². The molecule has 2 saturated heterocycles. The molecule has 2 amide bonds. The van der Waals surface area contributed by atoms with E-state index in [-0.39, 0.29) is 16.7 Å². The molecule has 6 nitrogen and oxygen atoms in total. The third-order valence-electron chi connectivity index (χ3n) is 4.66. The number of ether oxygens (including phenoxy) is 1. The van der Waals surface area contributed by atoms with Crippen molar-refractivity contribution >= 4 is 22.9 Å². The Balaban J connectivity index is 1.74. The lowest BCUT2D eigenvalue weighted by Crippen LogP contribution is -2.57. The molecule has 22 heavy (non-hydrogen) atoms. The zero-order chi connectivity index (χ0) is 16.0. The van der Waals surface area contributed by atoms with Gasteiger partial charge in [-0.25, -0.2) is 0 Å². The van der Waals surface area contributed by atoms with Gasteiger partial charge in [-0.15, -0.1) is 0 Å². The summed E-state index contributed by atoms with van der Waals surface area (Å²) in [7, 11) is 0. The SMILES string of the molecule is CC[C@](C)(CNC(=O)CCN1CCSC1=O)N1CCOCC1. The molecule has 0 aromatic heterocycles. The predicted molar refractivity (Wildman–Crippen MR) is 88.1 cm³/mol. The number of carbonyl (C=O) groups excluding carboxylic acids is 2. The van der Waals surface area contributed by atoms with Gasteiger partial charge >= 0.3 is 0 Å². The number of nitrogens with one attached hydrogen (secondary N) is 1. The van der Waals surface area contributed by atoms with Crippen LogP contribution in [-0.2, 0) is 9.53 Å². The highest BCUT2D eigenvalue weighted by atomic mass is 32.2. The molecule has 0 bridgehead atoms. The molecule has 2 rings (SSSR count). The first-order valence-corrected chi connectivity index (χ1v) is 9.05. The smallest absolute Gasteiger partial charge is 0.281 e. The molecule has 2 fully saturated rings. The van der Waals surface area contributed by atoms with Crippen molar-refractivity contribution in [2.75, 3.05) is 51.7 Å². The summed E-state index contributed by atoms with van der Waals surface area (Å²) in [6.45, 7) is 9.64. The minimum absolute atomic E-state index is 0.0256. The molecule has 1 atom stereocenters. The van der Waals surface area contributed by atoms with Gasteiger partial charge in [0.15, 0.2) is 0 Å². The molecule has 126 valence electrons. The molecule has 2 aliphatic heterocycles. The number of amides is 2. The molecule has 0 saturated carbocycles. The largest absolute Gasteiger partial charge is 0.379 e. The van der Waals surface area contributed by atoms with Crippen LogP contribution in [0.25, 0.3) is 0 Å². The monoisotopic (exact) mass is 329 g/mol. The van der Waals surface area contributed by atoms with Crippen LogP contribution < -0.4 is 5.32 Å². The second-order valence-electron chi connectivity index (χ2n) is 6.08. The summed E-state index contributed by atoms with van der Waals surface area (Å²) >= 11 is 1.33. The van der Waals surface area contributed by atoms with E-state index < -0.39 is 0 Å². The highest BCUT2D eigenvalue weighted by Crippen LogP contribution is 2.20. The Labute approximate surface area is 136 Å². The van der Waals surface area contributed by atoms with E-state index in [1.54, 1.807) is 4.90 Å². The highest BCUT2D eigenvalue weighted by molar-refractivity contribution is 8.13. The molecular weight excluding hydrogens is 302 g/mol. The lowest BCUT2D eigenvalue weighted by Gasteiger charge is -2.43. The Morgan fingerprint density at radius 3 is 2.68 bits per heavy atom. The normalized spacial score (nSPS) is 22.6. The van der Waals surface area contributed by atoms with Crippen molar-refractivity contribution < 1.29 is 14.3 Å². The minimum Gasteiger partial charge on any atom is -0.379 e. The molecule has 0 unspecified atom stereocenters. The van der Waals surface area contributed by atoms with Crippen LogP contribution in [0.2, 0.25) is 0 Å². The fraction of sp³-hybridized carbons (Fsp3) is 0.867. The average Bonchev–Trinajstić information content (AvgIpc) is 2.96. The predicted octanol–water partition coefficient (Wildman–Crippen LogP) is 1.16. The third-order valence-corrected chi connectivity index (χ3v) is 5.55. The van der Waals surface area contributed by atoms with E-state index in [1.807, 2.05) is 0 Å². The van der Waals surface area contributed by atoms with E-state index in [1.165, 1.54) is 11.8 Å². The van der Waals surface area contributed by atoms with Crippen LogP contribution in [0.15, 0.2) is 0 Å². The highest BCUT2D eigenvalue weighted by Gasteiger charge is 2.31. The van der Waals surface area contributed by atoms with Crippen LogP contribution >= 0.6 is 11.8 Å². The van der Waals surface area contributed by atoms with E-state index in [0.29, 0.717) is 19.5 Å². The first kappa shape index (κ1) is 17.6. The molecule has 2 heterocycles. The fourth-order valence-corrected chi connectivity index (χ4v) is 3.66. The van der Waals surface area contributed by atoms with E-state index in [2.05, 4.69) is 24.1 Å². The molecule has 7 heteroatoms. The van der Waals surface area contributed by atoms with Crippen molar-refractivity contribution in [2.45, 2.75) is 32.2 Å². The van der Waals surface area contributed by atoms with Gasteiger partial charge in [0, 0.05) is 50.4 Å².